The molecule has 0 radical (unpaired) electrons. The average molecular weight is 234 g/mol. The van der Waals surface area contributed by atoms with E-state index in [4.69, 9.17) is 4.74 Å². The summed E-state index contributed by atoms with van der Waals surface area (Å²) in [6, 6.07) is 7.16. The van der Waals surface area contributed by atoms with Crippen LogP contribution in [-0.2, 0) is 0 Å². The molecule has 0 aromatic heterocycles. The summed E-state index contributed by atoms with van der Waals surface area (Å²) in [6.07, 6.45) is 2.43. The zero-order valence-corrected chi connectivity index (χ0v) is 11.0. The van der Waals surface area contributed by atoms with Crippen molar-refractivity contribution in [2.24, 2.45) is 0 Å². The first-order valence-corrected chi connectivity index (χ1v) is 6.31. The number of aryl methyl sites for hydroxylation is 1. The van der Waals surface area contributed by atoms with Crippen molar-refractivity contribution in [1.29, 1.82) is 0 Å². The molecular weight excluding hydrogens is 212 g/mol. The van der Waals surface area contributed by atoms with Gasteiger partial charge in [0, 0.05) is 30.9 Å². The molecular formula is C14H22N2O. The summed E-state index contributed by atoms with van der Waals surface area (Å²) in [5.74, 6) is 0.984. The lowest BCUT2D eigenvalue weighted by molar-refractivity contribution is 0.410. The predicted octanol–water partition coefficient (Wildman–Crippen LogP) is 2.19. The quantitative estimate of drug-likeness (QED) is 0.867. The Morgan fingerprint density at radius 1 is 1.29 bits per heavy atom. The third kappa shape index (κ3) is 2.72. The fourth-order valence-electron chi connectivity index (χ4n) is 2.43. The molecule has 1 fully saturated rings. The summed E-state index contributed by atoms with van der Waals surface area (Å²) in [5, 5.41) is 3.36. The van der Waals surface area contributed by atoms with Crippen molar-refractivity contribution >= 4 is 5.69 Å². The van der Waals surface area contributed by atoms with Gasteiger partial charge in [-0.2, -0.15) is 0 Å². The lowest BCUT2D eigenvalue weighted by Gasteiger charge is -2.33. The highest BCUT2D eigenvalue weighted by molar-refractivity contribution is 5.53. The van der Waals surface area contributed by atoms with E-state index in [2.05, 4.69) is 42.4 Å². The molecule has 1 aromatic rings. The van der Waals surface area contributed by atoms with Crippen molar-refractivity contribution in [2.75, 3.05) is 32.1 Å². The number of methoxy groups -OCH3 is 1. The van der Waals surface area contributed by atoms with Gasteiger partial charge in [-0.3, -0.25) is 0 Å². The molecule has 17 heavy (non-hydrogen) atoms. The van der Waals surface area contributed by atoms with Gasteiger partial charge in [-0.1, -0.05) is 6.07 Å². The normalized spacial score (nSPS) is 17.2. The number of rotatable bonds is 3. The largest absolute Gasteiger partial charge is 0.496 e. The first-order valence-electron chi connectivity index (χ1n) is 6.31. The third-order valence-electron chi connectivity index (χ3n) is 3.66. The lowest BCUT2D eigenvalue weighted by Crippen LogP contribution is -2.41. The monoisotopic (exact) mass is 234 g/mol. The second kappa shape index (κ2) is 5.41. The molecule has 1 saturated heterocycles. The van der Waals surface area contributed by atoms with Gasteiger partial charge in [0.25, 0.3) is 0 Å². The van der Waals surface area contributed by atoms with Crippen molar-refractivity contribution < 1.29 is 4.74 Å². The number of nitrogens with one attached hydrogen (secondary N) is 1. The summed E-state index contributed by atoms with van der Waals surface area (Å²) in [5.41, 5.74) is 2.48. The van der Waals surface area contributed by atoms with E-state index in [1.54, 1.807) is 7.11 Å². The summed E-state index contributed by atoms with van der Waals surface area (Å²) < 4.78 is 5.38. The standard InChI is InChI=1S/C14H22N2O/c1-11-4-5-13(10-14(11)17-3)16-8-6-12(15-2)7-9-16/h4-5,10,12,15H,6-9H2,1-3H3. The Labute approximate surface area is 104 Å². The van der Waals surface area contributed by atoms with Crippen LogP contribution in [0.25, 0.3) is 0 Å². The maximum absolute atomic E-state index is 5.38. The summed E-state index contributed by atoms with van der Waals surface area (Å²) >= 11 is 0. The summed E-state index contributed by atoms with van der Waals surface area (Å²) in [7, 11) is 3.79. The summed E-state index contributed by atoms with van der Waals surface area (Å²) in [6.45, 7) is 4.32. The molecule has 1 aromatic carbocycles. The second-order valence-corrected chi connectivity index (χ2v) is 4.70. The van der Waals surface area contributed by atoms with E-state index in [1.807, 2.05) is 0 Å². The van der Waals surface area contributed by atoms with Gasteiger partial charge in [0.2, 0.25) is 0 Å². The fraction of sp³-hybridized carbons (Fsp3) is 0.571. The van der Waals surface area contributed by atoms with Crippen LogP contribution in [0.3, 0.4) is 0 Å². The van der Waals surface area contributed by atoms with Crippen LogP contribution in [0.5, 0.6) is 5.75 Å². The molecule has 0 atom stereocenters. The molecule has 0 unspecified atom stereocenters. The van der Waals surface area contributed by atoms with Crippen LogP contribution in [0.15, 0.2) is 18.2 Å². The molecule has 0 bridgehead atoms. The van der Waals surface area contributed by atoms with Gasteiger partial charge in [-0.25, -0.2) is 0 Å². The maximum Gasteiger partial charge on any atom is 0.123 e. The Hall–Kier alpha value is -1.22. The van der Waals surface area contributed by atoms with Gasteiger partial charge in [-0.05, 0) is 38.4 Å². The number of benzene rings is 1. The van der Waals surface area contributed by atoms with Crippen LogP contribution < -0.4 is 15.0 Å². The van der Waals surface area contributed by atoms with Gasteiger partial charge in [-0.15, -0.1) is 0 Å². The molecule has 1 heterocycles. The molecule has 2 rings (SSSR count). The number of hydrogen-bond acceptors (Lipinski definition) is 3. The van der Waals surface area contributed by atoms with E-state index in [0.29, 0.717) is 6.04 Å². The first kappa shape index (κ1) is 12.2. The highest BCUT2D eigenvalue weighted by Gasteiger charge is 2.18. The number of nitrogens with zero attached hydrogens (tertiary/aromatic N) is 1. The molecule has 1 aliphatic heterocycles. The van der Waals surface area contributed by atoms with E-state index in [9.17, 15) is 0 Å². The van der Waals surface area contributed by atoms with Gasteiger partial charge in [0.05, 0.1) is 7.11 Å². The van der Waals surface area contributed by atoms with Crippen molar-refractivity contribution in [2.45, 2.75) is 25.8 Å². The molecule has 3 heteroatoms. The molecule has 3 nitrogen and oxygen atoms in total. The zero-order valence-electron chi connectivity index (χ0n) is 11.0. The minimum absolute atomic E-state index is 0.679. The Morgan fingerprint density at radius 2 is 2.00 bits per heavy atom. The van der Waals surface area contributed by atoms with Crippen LogP contribution in [0, 0.1) is 6.92 Å². The third-order valence-corrected chi connectivity index (χ3v) is 3.66. The minimum Gasteiger partial charge on any atom is -0.496 e. The van der Waals surface area contributed by atoms with Crippen molar-refractivity contribution in [1.82, 2.24) is 5.32 Å². The second-order valence-electron chi connectivity index (χ2n) is 4.70. The summed E-state index contributed by atoms with van der Waals surface area (Å²) in [4.78, 5) is 2.44. The average Bonchev–Trinajstić information content (AvgIpc) is 2.39. The van der Waals surface area contributed by atoms with Crippen LogP contribution >= 0.6 is 0 Å². The highest BCUT2D eigenvalue weighted by atomic mass is 16.5. The molecule has 0 saturated carbocycles. The molecule has 0 amide bonds. The molecule has 94 valence electrons. The molecule has 0 aliphatic carbocycles. The first-order chi connectivity index (χ1) is 8.24. The topological polar surface area (TPSA) is 24.5 Å². The van der Waals surface area contributed by atoms with E-state index in [-0.39, 0.29) is 0 Å². The maximum atomic E-state index is 5.38. The Bertz CT molecular complexity index is 370. The van der Waals surface area contributed by atoms with Crippen molar-refractivity contribution in [3.8, 4) is 5.75 Å². The van der Waals surface area contributed by atoms with Crippen molar-refractivity contribution in [3.05, 3.63) is 23.8 Å². The minimum atomic E-state index is 0.679. The Morgan fingerprint density at radius 3 is 2.59 bits per heavy atom. The zero-order chi connectivity index (χ0) is 12.3. The number of anilines is 1. The molecule has 1 N–H and O–H groups in total. The fourth-order valence-corrected chi connectivity index (χ4v) is 2.43. The Balaban J connectivity index is 2.08. The molecule has 1 aliphatic rings. The van der Waals surface area contributed by atoms with Gasteiger partial charge in [0.1, 0.15) is 5.75 Å². The van der Waals surface area contributed by atoms with Gasteiger partial charge in [0.15, 0.2) is 0 Å². The van der Waals surface area contributed by atoms with Crippen LogP contribution in [0.2, 0.25) is 0 Å². The van der Waals surface area contributed by atoms with Crippen molar-refractivity contribution in [3.63, 3.8) is 0 Å². The van der Waals surface area contributed by atoms with Gasteiger partial charge < -0.3 is 15.0 Å². The Kier molecular flexibility index (Phi) is 3.89. The number of ether oxygens (including phenoxy) is 1. The van der Waals surface area contributed by atoms with Crippen LogP contribution in [0.1, 0.15) is 18.4 Å². The van der Waals surface area contributed by atoms with Gasteiger partial charge >= 0.3 is 0 Å². The van der Waals surface area contributed by atoms with E-state index in [0.717, 1.165) is 18.8 Å². The lowest BCUT2D eigenvalue weighted by atomic mass is 10.0. The number of piperidine rings is 1. The predicted molar refractivity (Wildman–Crippen MR) is 72.0 cm³/mol. The van der Waals surface area contributed by atoms with Crippen LogP contribution in [0.4, 0.5) is 5.69 Å². The molecule has 0 spiro atoms. The van der Waals surface area contributed by atoms with E-state index < -0.39 is 0 Å². The SMILES string of the molecule is CNC1CCN(c2ccc(C)c(OC)c2)CC1. The van der Waals surface area contributed by atoms with E-state index in [1.165, 1.54) is 24.1 Å². The number of hydrogen-bond donors (Lipinski definition) is 1. The highest BCUT2D eigenvalue weighted by Crippen LogP contribution is 2.27. The smallest absolute Gasteiger partial charge is 0.123 e. The van der Waals surface area contributed by atoms with Crippen LogP contribution in [-0.4, -0.2) is 33.3 Å². The van der Waals surface area contributed by atoms with E-state index >= 15 is 0 Å².